The Morgan fingerprint density at radius 2 is 1.60 bits per heavy atom. The Balaban J connectivity index is 2.00. The molecule has 0 N–H and O–H groups in total. The van der Waals surface area contributed by atoms with Gasteiger partial charge in [-0.15, -0.1) is 0 Å². The van der Waals surface area contributed by atoms with Crippen LogP contribution in [0.25, 0.3) is 0 Å². The van der Waals surface area contributed by atoms with E-state index in [0.29, 0.717) is 28.6 Å². The lowest BCUT2D eigenvalue weighted by Gasteiger charge is -2.15. The molecule has 0 aromatic heterocycles. The number of rotatable bonds is 6. The molecular weight excluding hydrogens is 322 g/mol. The summed E-state index contributed by atoms with van der Waals surface area (Å²) < 4.78 is 21.1. The molecule has 0 radical (unpaired) electrons. The smallest absolute Gasteiger partial charge is 0.203 e. The first-order chi connectivity index (χ1) is 12.1. The van der Waals surface area contributed by atoms with Crippen LogP contribution >= 0.6 is 0 Å². The number of hydrogen-bond acceptors (Lipinski definition) is 6. The van der Waals surface area contributed by atoms with Crippen molar-refractivity contribution in [3.05, 3.63) is 41.5 Å². The van der Waals surface area contributed by atoms with Crippen molar-refractivity contribution in [3.8, 4) is 23.0 Å². The molecule has 2 aromatic carbocycles. The van der Waals surface area contributed by atoms with E-state index in [1.807, 2.05) is 18.2 Å². The monoisotopic (exact) mass is 341 g/mol. The molecule has 1 unspecified atom stereocenters. The van der Waals surface area contributed by atoms with Crippen molar-refractivity contribution in [2.45, 2.75) is 5.92 Å². The predicted octanol–water partition coefficient (Wildman–Crippen LogP) is 3.40. The van der Waals surface area contributed by atoms with Crippen LogP contribution in [0.3, 0.4) is 0 Å². The van der Waals surface area contributed by atoms with Crippen LogP contribution in [0.5, 0.6) is 23.0 Å². The van der Waals surface area contributed by atoms with Crippen LogP contribution in [0.1, 0.15) is 21.8 Å². The van der Waals surface area contributed by atoms with Gasteiger partial charge in [-0.3, -0.25) is 9.79 Å². The molecule has 0 spiro atoms. The highest BCUT2D eigenvalue weighted by molar-refractivity contribution is 6.13. The van der Waals surface area contributed by atoms with E-state index in [9.17, 15) is 4.79 Å². The van der Waals surface area contributed by atoms with Crippen LogP contribution in [0.4, 0.5) is 5.69 Å². The fourth-order valence-corrected chi connectivity index (χ4v) is 2.87. The molecule has 0 aliphatic carbocycles. The standard InChI is InChI=1S/C19H19NO5/c1-22-12-5-6-13-14(10-20-15(13)9-12)18(21)11-7-16(23-2)19(25-4)17(8-11)24-3/h5-10,14H,1-4H3. The van der Waals surface area contributed by atoms with Crippen LogP contribution in [0.15, 0.2) is 35.3 Å². The van der Waals surface area contributed by atoms with E-state index in [4.69, 9.17) is 18.9 Å². The van der Waals surface area contributed by atoms with Gasteiger partial charge < -0.3 is 18.9 Å². The second kappa shape index (κ2) is 6.84. The average Bonchev–Trinajstić information content (AvgIpc) is 3.08. The molecule has 1 aliphatic rings. The Labute approximate surface area is 146 Å². The summed E-state index contributed by atoms with van der Waals surface area (Å²) in [5, 5.41) is 0. The number of aliphatic imine (C=N–C) groups is 1. The normalized spacial score (nSPS) is 14.8. The average molecular weight is 341 g/mol. The van der Waals surface area contributed by atoms with Crippen LogP contribution < -0.4 is 18.9 Å². The Kier molecular flexibility index (Phi) is 4.61. The quantitative estimate of drug-likeness (QED) is 0.753. The molecule has 1 heterocycles. The fraction of sp³-hybridized carbons (Fsp3) is 0.263. The van der Waals surface area contributed by atoms with E-state index in [0.717, 1.165) is 11.3 Å². The van der Waals surface area contributed by atoms with Crippen molar-refractivity contribution in [1.29, 1.82) is 0 Å². The van der Waals surface area contributed by atoms with Gasteiger partial charge in [0.1, 0.15) is 5.75 Å². The highest BCUT2D eigenvalue weighted by Gasteiger charge is 2.28. The number of fused-ring (bicyclic) bond motifs is 1. The Morgan fingerprint density at radius 1 is 0.920 bits per heavy atom. The summed E-state index contributed by atoms with van der Waals surface area (Å²) in [6.07, 6.45) is 1.65. The Morgan fingerprint density at radius 3 is 2.16 bits per heavy atom. The number of ether oxygens (including phenoxy) is 4. The van der Waals surface area contributed by atoms with E-state index in [-0.39, 0.29) is 5.78 Å². The zero-order chi connectivity index (χ0) is 18.0. The first-order valence-corrected chi connectivity index (χ1v) is 7.69. The minimum Gasteiger partial charge on any atom is -0.497 e. The van der Waals surface area contributed by atoms with Crippen LogP contribution in [0.2, 0.25) is 0 Å². The molecule has 6 heteroatoms. The van der Waals surface area contributed by atoms with Crippen molar-refractivity contribution in [2.75, 3.05) is 28.4 Å². The third kappa shape index (κ3) is 2.91. The number of benzene rings is 2. The van der Waals surface area contributed by atoms with Gasteiger partial charge in [0.15, 0.2) is 17.3 Å². The van der Waals surface area contributed by atoms with Gasteiger partial charge in [0.25, 0.3) is 0 Å². The zero-order valence-corrected chi connectivity index (χ0v) is 14.5. The summed E-state index contributed by atoms with van der Waals surface area (Å²) in [5.41, 5.74) is 2.05. The molecule has 0 saturated carbocycles. The van der Waals surface area contributed by atoms with Gasteiger partial charge in [-0.2, -0.15) is 0 Å². The number of hydrogen-bond donors (Lipinski definition) is 0. The number of ketones is 1. The van der Waals surface area contributed by atoms with Gasteiger partial charge in [-0.05, 0) is 23.8 Å². The molecule has 6 nitrogen and oxygen atoms in total. The summed E-state index contributed by atoms with van der Waals surface area (Å²) in [4.78, 5) is 17.4. The first-order valence-electron chi connectivity index (χ1n) is 7.69. The number of nitrogens with zero attached hydrogens (tertiary/aromatic N) is 1. The van der Waals surface area contributed by atoms with E-state index >= 15 is 0 Å². The van der Waals surface area contributed by atoms with E-state index in [1.165, 1.54) is 21.3 Å². The number of Topliss-reactive ketones (excluding diaryl/α,β-unsaturated/α-hetero) is 1. The molecule has 1 aliphatic heterocycles. The maximum absolute atomic E-state index is 13.0. The van der Waals surface area contributed by atoms with Crippen LogP contribution in [-0.2, 0) is 0 Å². The van der Waals surface area contributed by atoms with E-state index in [2.05, 4.69) is 4.99 Å². The number of carbonyl (C=O) groups excluding carboxylic acids is 1. The van der Waals surface area contributed by atoms with Gasteiger partial charge in [-0.1, -0.05) is 6.07 Å². The van der Waals surface area contributed by atoms with Crippen molar-refractivity contribution < 1.29 is 23.7 Å². The Bertz CT molecular complexity index is 819. The highest BCUT2D eigenvalue weighted by atomic mass is 16.5. The second-order valence-electron chi connectivity index (χ2n) is 5.46. The van der Waals surface area contributed by atoms with E-state index in [1.54, 1.807) is 25.5 Å². The molecule has 0 amide bonds. The van der Waals surface area contributed by atoms with Gasteiger partial charge in [0.2, 0.25) is 5.75 Å². The third-order valence-corrected chi connectivity index (χ3v) is 4.17. The minimum atomic E-state index is -0.455. The Hall–Kier alpha value is -3.02. The van der Waals surface area contributed by atoms with Crippen molar-refractivity contribution in [3.63, 3.8) is 0 Å². The highest BCUT2D eigenvalue weighted by Crippen LogP contribution is 2.41. The first kappa shape index (κ1) is 16.8. The minimum absolute atomic E-state index is 0.0908. The van der Waals surface area contributed by atoms with Crippen molar-refractivity contribution in [1.82, 2.24) is 0 Å². The maximum atomic E-state index is 13.0. The third-order valence-electron chi connectivity index (χ3n) is 4.17. The predicted molar refractivity (Wildman–Crippen MR) is 94.3 cm³/mol. The fourth-order valence-electron chi connectivity index (χ4n) is 2.87. The molecule has 1 atom stereocenters. The molecular formula is C19H19NO5. The van der Waals surface area contributed by atoms with Gasteiger partial charge >= 0.3 is 0 Å². The van der Waals surface area contributed by atoms with Gasteiger partial charge in [-0.25, -0.2) is 0 Å². The van der Waals surface area contributed by atoms with Crippen LogP contribution in [-0.4, -0.2) is 40.4 Å². The SMILES string of the molecule is COc1ccc2c(c1)N=CC2C(=O)c1cc(OC)c(OC)c(OC)c1. The number of methoxy groups -OCH3 is 4. The summed E-state index contributed by atoms with van der Waals surface area (Å²) in [5.74, 6) is 1.49. The second-order valence-corrected chi connectivity index (χ2v) is 5.46. The topological polar surface area (TPSA) is 66.4 Å². The van der Waals surface area contributed by atoms with Gasteiger partial charge in [0.05, 0.1) is 40.0 Å². The molecule has 130 valence electrons. The lowest BCUT2D eigenvalue weighted by molar-refractivity contribution is 0.0984. The maximum Gasteiger partial charge on any atom is 0.203 e. The molecule has 0 fully saturated rings. The van der Waals surface area contributed by atoms with Crippen molar-refractivity contribution in [2.24, 2.45) is 4.99 Å². The lowest BCUT2D eigenvalue weighted by Crippen LogP contribution is -2.12. The van der Waals surface area contributed by atoms with Gasteiger partial charge in [0, 0.05) is 17.8 Å². The summed E-state index contributed by atoms with van der Waals surface area (Å²) in [6.45, 7) is 0. The summed E-state index contributed by atoms with van der Waals surface area (Å²) in [7, 11) is 6.16. The van der Waals surface area contributed by atoms with Crippen molar-refractivity contribution >= 4 is 17.7 Å². The largest absolute Gasteiger partial charge is 0.497 e. The number of carbonyl (C=O) groups is 1. The van der Waals surface area contributed by atoms with E-state index < -0.39 is 5.92 Å². The summed E-state index contributed by atoms with van der Waals surface area (Å²) >= 11 is 0. The zero-order valence-electron chi connectivity index (χ0n) is 14.5. The molecule has 2 aromatic rings. The molecule has 0 bridgehead atoms. The summed E-state index contributed by atoms with van der Waals surface area (Å²) in [6, 6.07) is 8.80. The molecule has 0 saturated heterocycles. The lowest BCUT2D eigenvalue weighted by atomic mass is 9.92. The molecule has 25 heavy (non-hydrogen) atoms. The van der Waals surface area contributed by atoms with Crippen LogP contribution in [0, 0.1) is 0 Å². The molecule has 3 rings (SSSR count).